The summed E-state index contributed by atoms with van der Waals surface area (Å²) in [6.45, 7) is 3.94. The fraction of sp³-hybridized carbons (Fsp3) is 0.583. The molecule has 1 aromatic heterocycles. The van der Waals surface area contributed by atoms with Crippen molar-refractivity contribution >= 4 is 23.2 Å². The van der Waals surface area contributed by atoms with E-state index in [-0.39, 0.29) is 24.8 Å². The van der Waals surface area contributed by atoms with Gasteiger partial charge in [0.2, 0.25) is 5.91 Å². The van der Waals surface area contributed by atoms with Gasteiger partial charge in [0.05, 0.1) is 6.04 Å². The minimum absolute atomic E-state index is 0.0268. The number of nitrogens with one attached hydrogen (secondary N) is 1. The molecule has 18 heavy (non-hydrogen) atoms. The molecule has 6 heteroatoms. The van der Waals surface area contributed by atoms with Gasteiger partial charge in [0.15, 0.2) is 0 Å². The zero-order chi connectivity index (χ0) is 13.5. The molecule has 5 nitrogen and oxygen atoms in total. The largest absolute Gasteiger partial charge is 0.481 e. The van der Waals surface area contributed by atoms with Crippen LogP contribution < -0.4 is 5.32 Å². The Morgan fingerprint density at radius 1 is 1.50 bits per heavy atom. The summed E-state index contributed by atoms with van der Waals surface area (Å²) in [5, 5.41) is 12.2. The maximum absolute atomic E-state index is 11.6. The lowest BCUT2D eigenvalue weighted by Crippen LogP contribution is -2.26. The van der Waals surface area contributed by atoms with Crippen LogP contribution in [0, 0.1) is 0 Å². The van der Waals surface area contributed by atoms with Gasteiger partial charge < -0.3 is 10.4 Å². The lowest BCUT2D eigenvalue weighted by molar-refractivity contribution is -0.137. The Bertz CT molecular complexity index is 417. The summed E-state index contributed by atoms with van der Waals surface area (Å²) in [4.78, 5) is 27.3. The summed E-state index contributed by atoms with van der Waals surface area (Å²) in [6, 6.07) is -0.118. The third-order valence-corrected chi connectivity index (χ3v) is 3.79. The lowest BCUT2D eigenvalue weighted by Gasteiger charge is -2.10. The van der Waals surface area contributed by atoms with E-state index >= 15 is 0 Å². The maximum atomic E-state index is 11.6. The van der Waals surface area contributed by atoms with Crippen LogP contribution in [-0.2, 0) is 16.0 Å². The summed E-state index contributed by atoms with van der Waals surface area (Å²) in [6.07, 6.45) is 3.40. The van der Waals surface area contributed by atoms with E-state index in [1.54, 1.807) is 11.3 Å². The van der Waals surface area contributed by atoms with E-state index in [9.17, 15) is 9.59 Å². The topological polar surface area (TPSA) is 79.3 Å². The molecule has 1 heterocycles. The van der Waals surface area contributed by atoms with Crippen molar-refractivity contribution in [1.29, 1.82) is 0 Å². The third kappa shape index (κ3) is 4.83. The molecule has 0 aromatic carbocycles. The predicted octanol–water partition coefficient (Wildman–Crippen LogP) is 2.14. The van der Waals surface area contributed by atoms with E-state index in [0.29, 0.717) is 6.42 Å². The van der Waals surface area contributed by atoms with E-state index in [4.69, 9.17) is 5.11 Å². The standard InChI is InChI=1S/C12H18N2O3S/c1-3-9-7-13-12(18-9)8(2)14-10(15)5-4-6-11(16)17/h7-8H,3-6H2,1-2H3,(H,14,15)(H,16,17). The molecule has 2 N–H and O–H groups in total. The average molecular weight is 270 g/mol. The molecule has 0 fully saturated rings. The molecule has 0 saturated heterocycles. The Morgan fingerprint density at radius 3 is 2.78 bits per heavy atom. The molecular weight excluding hydrogens is 252 g/mol. The summed E-state index contributed by atoms with van der Waals surface area (Å²) >= 11 is 1.59. The van der Waals surface area contributed by atoms with E-state index in [1.165, 1.54) is 4.88 Å². The molecular formula is C12H18N2O3S. The number of carbonyl (C=O) groups excluding carboxylic acids is 1. The summed E-state index contributed by atoms with van der Waals surface area (Å²) in [7, 11) is 0. The van der Waals surface area contributed by atoms with E-state index in [1.807, 2.05) is 13.1 Å². The first-order valence-electron chi connectivity index (χ1n) is 5.98. The van der Waals surface area contributed by atoms with Gasteiger partial charge in [-0.1, -0.05) is 6.92 Å². The van der Waals surface area contributed by atoms with Gasteiger partial charge in [0.25, 0.3) is 0 Å². The highest BCUT2D eigenvalue weighted by molar-refractivity contribution is 7.11. The lowest BCUT2D eigenvalue weighted by atomic mass is 10.2. The van der Waals surface area contributed by atoms with Gasteiger partial charge in [-0.2, -0.15) is 0 Å². The second kappa shape index (κ2) is 7.10. The molecule has 1 aromatic rings. The highest BCUT2D eigenvalue weighted by atomic mass is 32.1. The number of hydrogen-bond acceptors (Lipinski definition) is 4. The number of nitrogens with zero attached hydrogens (tertiary/aromatic N) is 1. The number of aromatic nitrogens is 1. The number of carbonyl (C=O) groups is 2. The maximum Gasteiger partial charge on any atom is 0.303 e. The van der Waals surface area contributed by atoms with E-state index < -0.39 is 5.97 Å². The minimum atomic E-state index is -0.872. The SMILES string of the molecule is CCc1cnc(C(C)NC(=O)CCCC(=O)O)s1. The van der Waals surface area contributed by atoms with Crippen LogP contribution in [0.1, 0.15) is 49.0 Å². The van der Waals surface area contributed by atoms with Crippen molar-refractivity contribution in [2.45, 2.75) is 45.6 Å². The number of carboxylic acid groups (broad SMARTS) is 1. The number of rotatable bonds is 7. The van der Waals surface area contributed by atoms with Crippen molar-refractivity contribution in [3.05, 3.63) is 16.1 Å². The van der Waals surface area contributed by atoms with Crippen LogP contribution in [0.2, 0.25) is 0 Å². The molecule has 1 rings (SSSR count). The van der Waals surface area contributed by atoms with Crippen molar-refractivity contribution < 1.29 is 14.7 Å². The fourth-order valence-corrected chi connectivity index (χ4v) is 2.32. The van der Waals surface area contributed by atoms with Crippen LogP contribution in [0.15, 0.2) is 6.20 Å². The quantitative estimate of drug-likeness (QED) is 0.795. The van der Waals surface area contributed by atoms with Crippen LogP contribution in [0.5, 0.6) is 0 Å². The van der Waals surface area contributed by atoms with Gasteiger partial charge in [0, 0.05) is 23.9 Å². The van der Waals surface area contributed by atoms with Crippen molar-refractivity contribution in [3.63, 3.8) is 0 Å². The Labute approximate surface area is 110 Å². The number of aliphatic carboxylic acids is 1. The fourth-order valence-electron chi connectivity index (χ4n) is 1.46. The highest BCUT2D eigenvalue weighted by Gasteiger charge is 2.13. The molecule has 0 saturated carbocycles. The number of aryl methyl sites for hydroxylation is 1. The summed E-state index contributed by atoms with van der Waals surface area (Å²) in [5.74, 6) is -1.000. The molecule has 0 bridgehead atoms. The first-order chi connectivity index (χ1) is 8.52. The molecule has 0 aliphatic carbocycles. The van der Waals surface area contributed by atoms with Crippen LogP contribution in [0.25, 0.3) is 0 Å². The van der Waals surface area contributed by atoms with Gasteiger partial charge in [-0.3, -0.25) is 9.59 Å². The minimum Gasteiger partial charge on any atom is -0.481 e. The molecule has 1 atom stereocenters. The first kappa shape index (κ1) is 14.6. The third-order valence-electron chi connectivity index (χ3n) is 2.46. The van der Waals surface area contributed by atoms with Gasteiger partial charge in [-0.05, 0) is 19.8 Å². The Balaban J connectivity index is 2.37. The first-order valence-corrected chi connectivity index (χ1v) is 6.80. The van der Waals surface area contributed by atoms with Gasteiger partial charge in [0.1, 0.15) is 5.01 Å². The van der Waals surface area contributed by atoms with Crippen LogP contribution >= 0.6 is 11.3 Å². The normalized spacial score (nSPS) is 12.1. The molecule has 0 aliphatic rings. The van der Waals surface area contributed by atoms with Crippen LogP contribution in [-0.4, -0.2) is 22.0 Å². The van der Waals surface area contributed by atoms with Crippen molar-refractivity contribution in [2.75, 3.05) is 0 Å². The number of carboxylic acids is 1. The molecule has 100 valence electrons. The van der Waals surface area contributed by atoms with E-state index in [2.05, 4.69) is 17.2 Å². The second-order valence-electron chi connectivity index (χ2n) is 4.05. The highest BCUT2D eigenvalue weighted by Crippen LogP contribution is 2.20. The Morgan fingerprint density at radius 2 is 2.22 bits per heavy atom. The summed E-state index contributed by atoms with van der Waals surface area (Å²) in [5.41, 5.74) is 0. The number of amides is 1. The Kier molecular flexibility index (Phi) is 5.77. The predicted molar refractivity (Wildman–Crippen MR) is 69.5 cm³/mol. The Hall–Kier alpha value is -1.43. The second-order valence-corrected chi connectivity index (χ2v) is 5.20. The molecule has 0 aliphatic heterocycles. The van der Waals surface area contributed by atoms with Crippen molar-refractivity contribution in [3.8, 4) is 0 Å². The van der Waals surface area contributed by atoms with Gasteiger partial charge in [-0.15, -0.1) is 11.3 Å². The van der Waals surface area contributed by atoms with Crippen molar-refractivity contribution in [2.24, 2.45) is 0 Å². The van der Waals surface area contributed by atoms with E-state index in [0.717, 1.165) is 11.4 Å². The zero-order valence-electron chi connectivity index (χ0n) is 10.6. The van der Waals surface area contributed by atoms with Gasteiger partial charge in [-0.25, -0.2) is 4.98 Å². The van der Waals surface area contributed by atoms with Crippen LogP contribution in [0.4, 0.5) is 0 Å². The monoisotopic (exact) mass is 270 g/mol. The zero-order valence-corrected chi connectivity index (χ0v) is 11.4. The van der Waals surface area contributed by atoms with Crippen molar-refractivity contribution in [1.82, 2.24) is 10.3 Å². The number of hydrogen-bond donors (Lipinski definition) is 2. The smallest absolute Gasteiger partial charge is 0.303 e. The number of thiazole rings is 1. The molecule has 0 spiro atoms. The summed E-state index contributed by atoms with van der Waals surface area (Å²) < 4.78 is 0. The van der Waals surface area contributed by atoms with Gasteiger partial charge >= 0.3 is 5.97 Å². The molecule has 0 radical (unpaired) electrons. The molecule has 1 amide bonds. The average Bonchev–Trinajstić information content (AvgIpc) is 2.76. The van der Waals surface area contributed by atoms with Crippen LogP contribution in [0.3, 0.4) is 0 Å². The molecule has 1 unspecified atom stereocenters.